The van der Waals surface area contributed by atoms with Gasteiger partial charge in [-0.1, -0.05) is 32.1 Å². The van der Waals surface area contributed by atoms with E-state index in [1.807, 2.05) is 19.9 Å². The lowest BCUT2D eigenvalue weighted by atomic mass is 9.57. The minimum atomic E-state index is -1.13. The van der Waals surface area contributed by atoms with Crippen LogP contribution < -0.4 is 4.74 Å². The molecule has 5 nitrogen and oxygen atoms in total. The van der Waals surface area contributed by atoms with Crippen molar-refractivity contribution in [2.75, 3.05) is 13.7 Å². The van der Waals surface area contributed by atoms with Gasteiger partial charge in [-0.05, 0) is 62.3 Å². The van der Waals surface area contributed by atoms with Crippen molar-refractivity contribution in [2.24, 2.45) is 23.2 Å². The maximum Gasteiger partial charge on any atom is 0.199 e. The Kier molecular flexibility index (Phi) is 4.17. The van der Waals surface area contributed by atoms with Crippen LogP contribution in [-0.4, -0.2) is 41.4 Å². The summed E-state index contributed by atoms with van der Waals surface area (Å²) in [6, 6.07) is 4.15. The Labute approximate surface area is 179 Å². The van der Waals surface area contributed by atoms with Gasteiger partial charge in [0, 0.05) is 17.3 Å². The van der Waals surface area contributed by atoms with Crippen LogP contribution in [0, 0.1) is 30.1 Å². The molecule has 5 heteroatoms. The molecule has 30 heavy (non-hydrogen) atoms. The molecule has 7 unspecified atom stereocenters. The molecule has 164 valence electrons. The van der Waals surface area contributed by atoms with E-state index in [0.29, 0.717) is 5.92 Å². The van der Waals surface area contributed by atoms with Crippen molar-refractivity contribution in [3.8, 4) is 5.75 Å². The Bertz CT molecular complexity index is 922. The first-order valence-corrected chi connectivity index (χ1v) is 11.1. The molecule has 4 aliphatic rings. The number of aliphatic hydroxyl groups is 2. The van der Waals surface area contributed by atoms with Gasteiger partial charge in [-0.3, -0.25) is 0 Å². The van der Waals surface area contributed by atoms with Crippen molar-refractivity contribution in [3.63, 3.8) is 0 Å². The Balaban J connectivity index is 1.71. The van der Waals surface area contributed by atoms with E-state index in [9.17, 15) is 10.2 Å². The van der Waals surface area contributed by atoms with Crippen LogP contribution in [-0.2, 0) is 15.1 Å². The summed E-state index contributed by atoms with van der Waals surface area (Å²) in [5, 5.41) is 21.5. The first-order chi connectivity index (χ1) is 14.1. The molecule has 0 amide bonds. The minimum absolute atomic E-state index is 0.00510. The summed E-state index contributed by atoms with van der Waals surface area (Å²) in [7, 11) is 1.70. The normalized spacial score (nSPS) is 45.5. The topological polar surface area (TPSA) is 68.2 Å². The fourth-order valence-electron chi connectivity index (χ4n) is 7.27. The predicted molar refractivity (Wildman–Crippen MR) is 114 cm³/mol. The minimum Gasteiger partial charge on any atom is -0.496 e. The zero-order valence-electron chi connectivity index (χ0n) is 18.9. The van der Waals surface area contributed by atoms with Crippen LogP contribution in [0.1, 0.15) is 57.2 Å². The molecule has 2 aliphatic heterocycles. The van der Waals surface area contributed by atoms with E-state index < -0.39 is 29.0 Å². The third-order valence-corrected chi connectivity index (χ3v) is 9.04. The van der Waals surface area contributed by atoms with E-state index in [0.717, 1.165) is 35.3 Å². The first-order valence-electron chi connectivity index (χ1n) is 11.1. The summed E-state index contributed by atoms with van der Waals surface area (Å²) in [6.07, 6.45) is 5.55. The SMILES string of the molecule is COc1ccc2c(c1C)C=CC1(C)C3CCC21OC1(OC(C)(C)C(CO)C1O)C3C. The van der Waals surface area contributed by atoms with E-state index in [1.165, 1.54) is 0 Å². The maximum atomic E-state index is 11.4. The van der Waals surface area contributed by atoms with Crippen LogP contribution in [0.25, 0.3) is 6.08 Å². The number of benzene rings is 1. The summed E-state index contributed by atoms with van der Waals surface area (Å²) in [5.74, 6) is -0.356. The van der Waals surface area contributed by atoms with Gasteiger partial charge in [0.1, 0.15) is 17.5 Å². The highest BCUT2D eigenvalue weighted by molar-refractivity contribution is 5.67. The zero-order chi connectivity index (χ0) is 21.7. The van der Waals surface area contributed by atoms with Gasteiger partial charge in [0.25, 0.3) is 0 Å². The fourth-order valence-corrected chi connectivity index (χ4v) is 7.27. The van der Waals surface area contributed by atoms with E-state index >= 15 is 0 Å². The first kappa shape index (κ1) is 20.5. The van der Waals surface area contributed by atoms with E-state index in [1.54, 1.807) is 7.11 Å². The molecule has 2 aliphatic carbocycles. The number of aliphatic hydroxyl groups excluding tert-OH is 2. The largest absolute Gasteiger partial charge is 0.496 e. The van der Waals surface area contributed by atoms with Gasteiger partial charge in [0.15, 0.2) is 5.79 Å². The Morgan fingerprint density at radius 3 is 2.57 bits per heavy atom. The van der Waals surface area contributed by atoms with Crippen LogP contribution in [0.15, 0.2) is 18.2 Å². The smallest absolute Gasteiger partial charge is 0.199 e. The Morgan fingerprint density at radius 1 is 1.20 bits per heavy atom. The van der Waals surface area contributed by atoms with Crippen LogP contribution in [0.3, 0.4) is 0 Å². The quantitative estimate of drug-likeness (QED) is 0.771. The number of methoxy groups -OCH3 is 1. The number of rotatable bonds is 2. The van der Waals surface area contributed by atoms with Gasteiger partial charge < -0.3 is 24.4 Å². The van der Waals surface area contributed by atoms with Gasteiger partial charge >= 0.3 is 0 Å². The van der Waals surface area contributed by atoms with Gasteiger partial charge in [0.05, 0.1) is 19.3 Å². The number of ether oxygens (including phenoxy) is 3. The lowest BCUT2D eigenvalue weighted by molar-refractivity contribution is -0.382. The highest BCUT2D eigenvalue weighted by Gasteiger charge is 2.75. The van der Waals surface area contributed by atoms with Crippen LogP contribution in [0.2, 0.25) is 0 Å². The van der Waals surface area contributed by atoms with Crippen molar-refractivity contribution in [1.29, 1.82) is 0 Å². The van der Waals surface area contributed by atoms with Crippen molar-refractivity contribution in [2.45, 2.75) is 70.6 Å². The summed E-state index contributed by atoms with van der Waals surface area (Å²) < 4.78 is 19.2. The molecule has 1 aromatic rings. The summed E-state index contributed by atoms with van der Waals surface area (Å²) in [4.78, 5) is 0. The third kappa shape index (κ3) is 2.12. The third-order valence-electron chi connectivity index (χ3n) is 9.04. The molecule has 0 radical (unpaired) electrons. The molecule has 5 rings (SSSR count). The second-order valence-electron chi connectivity index (χ2n) is 10.5. The highest BCUT2D eigenvalue weighted by Crippen LogP contribution is 2.71. The molecule has 1 spiro atoms. The van der Waals surface area contributed by atoms with Crippen LogP contribution in [0.5, 0.6) is 5.75 Å². The van der Waals surface area contributed by atoms with Crippen LogP contribution >= 0.6 is 0 Å². The Hall–Kier alpha value is -1.40. The molecule has 7 atom stereocenters. The lowest BCUT2D eigenvalue weighted by Gasteiger charge is -2.59. The summed E-state index contributed by atoms with van der Waals surface area (Å²) >= 11 is 0. The molecule has 2 N–H and O–H groups in total. The summed E-state index contributed by atoms with van der Waals surface area (Å²) in [5.41, 5.74) is 1.96. The van der Waals surface area contributed by atoms with Gasteiger partial charge in [0.2, 0.25) is 0 Å². The zero-order valence-corrected chi connectivity index (χ0v) is 18.9. The second-order valence-corrected chi connectivity index (χ2v) is 10.5. The van der Waals surface area contributed by atoms with E-state index in [4.69, 9.17) is 14.2 Å². The highest BCUT2D eigenvalue weighted by atomic mass is 16.7. The molecule has 1 saturated carbocycles. The van der Waals surface area contributed by atoms with Gasteiger partial charge in [-0.25, -0.2) is 0 Å². The monoisotopic (exact) mass is 414 g/mol. The molecular weight excluding hydrogens is 380 g/mol. The van der Waals surface area contributed by atoms with Crippen molar-refractivity contribution < 1.29 is 24.4 Å². The lowest BCUT2D eigenvalue weighted by Crippen LogP contribution is -2.65. The molecule has 2 heterocycles. The number of hydrogen-bond acceptors (Lipinski definition) is 5. The molecule has 1 aromatic carbocycles. The molecule has 2 saturated heterocycles. The van der Waals surface area contributed by atoms with Crippen molar-refractivity contribution in [1.82, 2.24) is 0 Å². The van der Waals surface area contributed by atoms with Gasteiger partial charge in [-0.2, -0.15) is 0 Å². The molecule has 2 bridgehead atoms. The van der Waals surface area contributed by atoms with Gasteiger partial charge in [-0.15, -0.1) is 0 Å². The fraction of sp³-hybridized carbons (Fsp3) is 0.680. The summed E-state index contributed by atoms with van der Waals surface area (Å²) in [6.45, 7) is 10.3. The molecule has 3 fully saturated rings. The maximum absolute atomic E-state index is 11.4. The second kappa shape index (κ2) is 6.10. The Morgan fingerprint density at radius 2 is 1.93 bits per heavy atom. The van der Waals surface area contributed by atoms with E-state index in [2.05, 4.69) is 39.0 Å². The van der Waals surface area contributed by atoms with Crippen molar-refractivity contribution in [3.05, 3.63) is 34.9 Å². The predicted octanol–water partition coefficient (Wildman–Crippen LogP) is 3.78. The number of hydrogen-bond donors (Lipinski definition) is 2. The number of fused-ring (bicyclic) bond motifs is 1. The van der Waals surface area contributed by atoms with Crippen molar-refractivity contribution >= 4 is 6.08 Å². The molecule has 0 aromatic heterocycles. The van der Waals surface area contributed by atoms with Crippen LogP contribution in [0.4, 0.5) is 0 Å². The average molecular weight is 415 g/mol. The average Bonchev–Trinajstić information content (AvgIpc) is 3.03. The van der Waals surface area contributed by atoms with E-state index in [-0.39, 0.29) is 17.9 Å². The standard InChI is InChI=1S/C25H34O5/c1-14-16-9-11-23(5)17-10-12-24(23,18(16)7-8-20(14)28-6)30-25(15(17)2)21(27)19(13-26)22(3,4)29-25/h7-9,11,15,17,19,21,26-27H,10,12-13H2,1-6H3. The molecular formula is C25H34O5.